The molecule has 0 spiro atoms. The Labute approximate surface area is 139 Å². The van der Waals surface area contributed by atoms with E-state index in [2.05, 4.69) is 10.00 Å². The minimum atomic E-state index is -0.279. The van der Waals surface area contributed by atoms with Crippen molar-refractivity contribution in [3.05, 3.63) is 58.3 Å². The summed E-state index contributed by atoms with van der Waals surface area (Å²) >= 11 is 0. The van der Waals surface area contributed by atoms with E-state index in [1.807, 2.05) is 0 Å². The van der Waals surface area contributed by atoms with Gasteiger partial charge in [0.2, 0.25) is 5.91 Å². The molecule has 0 radical (unpaired) electrons. The summed E-state index contributed by atoms with van der Waals surface area (Å²) in [6.45, 7) is 4.22. The molecule has 2 aromatic rings. The fourth-order valence-electron chi connectivity index (χ4n) is 2.76. The molecule has 0 bridgehead atoms. The van der Waals surface area contributed by atoms with Crippen LogP contribution in [0, 0.1) is 12.7 Å². The highest BCUT2D eigenvalue weighted by Crippen LogP contribution is 2.17. The first kappa shape index (κ1) is 16.2. The van der Waals surface area contributed by atoms with Gasteiger partial charge in [0, 0.05) is 37.9 Å². The second-order valence-electron chi connectivity index (χ2n) is 5.81. The molecule has 7 heteroatoms. The number of carbonyl (C=O) groups excluding carboxylic acids is 1. The predicted octanol–water partition coefficient (Wildman–Crippen LogP) is 1.04. The van der Waals surface area contributed by atoms with E-state index in [9.17, 15) is 14.0 Å². The Balaban J connectivity index is 1.60. The molecule has 1 aliphatic rings. The molecule has 6 nitrogen and oxygen atoms in total. The van der Waals surface area contributed by atoms with Crippen LogP contribution in [-0.2, 0) is 11.3 Å². The van der Waals surface area contributed by atoms with E-state index in [1.54, 1.807) is 30.0 Å². The fraction of sp³-hybridized carbons (Fsp3) is 0.353. The molecule has 3 rings (SSSR count). The Morgan fingerprint density at radius 1 is 1.08 bits per heavy atom. The van der Waals surface area contributed by atoms with Gasteiger partial charge in [-0.15, -0.1) is 0 Å². The van der Waals surface area contributed by atoms with Crippen molar-refractivity contribution in [3.8, 4) is 0 Å². The summed E-state index contributed by atoms with van der Waals surface area (Å²) in [7, 11) is 0. The van der Waals surface area contributed by atoms with Crippen molar-refractivity contribution in [2.45, 2.75) is 13.5 Å². The van der Waals surface area contributed by atoms with Crippen LogP contribution in [0.5, 0.6) is 0 Å². The molecule has 0 aliphatic carbocycles. The summed E-state index contributed by atoms with van der Waals surface area (Å²) < 4.78 is 14.2. The van der Waals surface area contributed by atoms with Crippen molar-refractivity contribution in [2.24, 2.45) is 0 Å². The number of benzene rings is 1. The van der Waals surface area contributed by atoms with Gasteiger partial charge in [0.25, 0.3) is 5.56 Å². The Kier molecular flexibility index (Phi) is 4.59. The topological polar surface area (TPSA) is 58.4 Å². The van der Waals surface area contributed by atoms with Gasteiger partial charge < -0.3 is 9.80 Å². The largest absolute Gasteiger partial charge is 0.368 e. The van der Waals surface area contributed by atoms with E-state index in [4.69, 9.17) is 0 Å². The summed E-state index contributed by atoms with van der Waals surface area (Å²) in [4.78, 5) is 28.0. The van der Waals surface area contributed by atoms with E-state index >= 15 is 0 Å². The van der Waals surface area contributed by atoms with Gasteiger partial charge in [-0.3, -0.25) is 9.59 Å². The molecule has 0 unspecified atom stereocenters. The van der Waals surface area contributed by atoms with Gasteiger partial charge in [-0.2, -0.15) is 5.10 Å². The summed E-state index contributed by atoms with van der Waals surface area (Å²) in [6, 6.07) is 9.39. The maximum absolute atomic E-state index is 13.0. The first-order valence-corrected chi connectivity index (χ1v) is 7.86. The second-order valence-corrected chi connectivity index (χ2v) is 5.81. The van der Waals surface area contributed by atoms with Gasteiger partial charge in [-0.1, -0.05) is 0 Å². The van der Waals surface area contributed by atoms with Gasteiger partial charge in [0.15, 0.2) is 0 Å². The molecular weight excluding hydrogens is 311 g/mol. The average molecular weight is 330 g/mol. The van der Waals surface area contributed by atoms with Gasteiger partial charge in [-0.05, 0) is 37.3 Å². The van der Waals surface area contributed by atoms with Crippen molar-refractivity contribution in [3.63, 3.8) is 0 Å². The van der Waals surface area contributed by atoms with Gasteiger partial charge >= 0.3 is 0 Å². The van der Waals surface area contributed by atoms with Crippen LogP contribution < -0.4 is 10.5 Å². The molecule has 2 heterocycles. The highest BCUT2D eigenvalue weighted by Gasteiger charge is 2.22. The van der Waals surface area contributed by atoms with Crippen molar-refractivity contribution < 1.29 is 9.18 Å². The van der Waals surface area contributed by atoms with Crippen LogP contribution in [0.2, 0.25) is 0 Å². The third-order valence-electron chi connectivity index (χ3n) is 4.11. The van der Waals surface area contributed by atoms with Crippen LogP contribution >= 0.6 is 0 Å². The number of aryl methyl sites for hydroxylation is 1. The molecule has 1 saturated heterocycles. The summed E-state index contributed by atoms with van der Waals surface area (Å²) in [5, 5.41) is 4.09. The fourth-order valence-corrected chi connectivity index (χ4v) is 2.76. The highest BCUT2D eigenvalue weighted by molar-refractivity contribution is 5.76. The first-order valence-electron chi connectivity index (χ1n) is 7.86. The summed E-state index contributed by atoms with van der Waals surface area (Å²) in [5.41, 5.74) is 1.36. The lowest BCUT2D eigenvalue weighted by molar-refractivity contribution is -0.132. The number of hydrogen-bond acceptors (Lipinski definition) is 4. The van der Waals surface area contributed by atoms with E-state index < -0.39 is 0 Å². The Bertz CT molecular complexity index is 780. The lowest BCUT2D eigenvalue weighted by atomic mass is 10.2. The van der Waals surface area contributed by atoms with E-state index in [1.165, 1.54) is 22.9 Å². The lowest BCUT2D eigenvalue weighted by Gasteiger charge is -2.36. The molecular formula is C17H19FN4O2. The van der Waals surface area contributed by atoms with Gasteiger partial charge in [0.1, 0.15) is 12.4 Å². The highest BCUT2D eigenvalue weighted by atomic mass is 19.1. The van der Waals surface area contributed by atoms with E-state index in [0.29, 0.717) is 31.9 Å². The molecule has 126 valence electrons. The first-order chi connectivity index (χ1) is 11.5. The van der Waals surface area contributed by atoms with Crippen LogP contribution in [0.4, 0.5) is 10.1 Å². The third kappa shape index (κ3) is 3.61. The number of anilines is 1. The maximum atomic E-state index is 13.0. The molecule has 1 aromatic carbocycles. The van der Waals surface area contributed by atoms with Crippen molar-refractivity contribution in [1.82, 2.24) is 14.7 Å². The van der Waals surface area contributed by atoms with Crippen LogP contribution in [0.3, 0.4) is 0 Å². The normalized spacial score (nSPS) is 14.8. The average Bonchev–Trinajstić information content (AvgIpc) is 2.59. The van der Waals surface area contributed by atoms with Crippen molar-refractivity contribution in [2.75, 3.05) is 31.1 Å². The molecule has 0 N–H and O–H groups in total. The molecule has 24 heavy (non-hydrogen) atoms. The van der Waals surface area contributed by atoms with E-state index in [0.717, 1.165) is 5.69 Å². The van der Waals surface area contributed by atoms with Gasteiger partial charge in [-0.25, -0.2) is 9.07 Å². The molecule has 1 aromatic heterocycles. The molecule has 1 aliphatic heterocycles. The van der Waals surface area contributed by atoms with E-state index in [-0.39, 0.29) is 23.8 Å². The number of piperazine rings is 1. The summed E-state index contributed by atoms with van der Waals surface area (Å²) in [5.74, 6) is -0.377. The predicted molar refractivity (Wildman–Crippen MR) is 88.4 cm³/mol. The molecule has 1 amide bonds. The number of nitrogens with zero attached hydrogens (tertiary/aromatic N) is 4. The Morgan fingerprint density at radius 2 is 1.75 bits per heavy atom. The SMILES string of the molecule is Cc1ccc(=O)n(CC(=O)N2CCN(c3ccc(F)cc3)CC2)n1. The zero-order valence-electron chi connectivity index (χ0n) is 13.5. The zero-order valence-corrected chi connectivity index (χ0v) is 13.5. The Hall–Kier alpha value is -2.70. The quantitative estimate of drug-likeness (QED) is 0.844. The van der Waals surface area contributed by atoms with Crippen LogP contribution in [0.15, 0.2) is 41.2 Å². The maximum Gasteiger partial charge on any atom is 0.267 e. The molecule has 1 fully saturated rings. The number of aromatic nitrogens is 2. The third-order valence-corrected chi connectivity index (χ3v) is 4.11. The Morgan fingerprint density at radius 3 is 2.42 bits per heavy atom. The minimum Gasteiger partial charge on any atom is -0.368 e. The standard InChI is InChI=1S/C17H19FN4O2/c1-13-2-7-16(23)22(19-13)12-17(24)21-10-8-20(9-11-21)15-5-3-14(18)4-6-15/h2-7H,8-12H2,1H3. The lowest BCUT2D eigenvalue weighted by Crippen LogP contribution is -2.50. The number of hydrogen-bond donors (Lipinski definition) is 0. The van der Waals surface area contributed by atoms with Crippen LogP contribution in [0.1, 0.15) is 5.69 Å². The van der Waals surface area contributed by atoms with Crippen LogP contribution in [0.25, 0.3) is 0 Å². The zero-order chi connectivity index (χ0) is 17.1. The number of carbonyl (C=O) groups is 1. The van der Waals surface area contributed by atoms with Gasteiger partial charge in [0.05, 0.1) is 5.69 Å². The number of halogens is 1. The minimum absolute atomic E-state index is 0.0446. The smallest absolute Gasteiger partial charge is 0.267 e. The molecule has 0 saturated carbocycles. The van der Waals surface area contributed by atoms with Crippen molar-refractivity contribution in [1.29, 1.82) is 0 Å². The second kappa shape index (κ2) is 6.82. The van der Waals surface area contributed by atoms with Crippen LogP contribution in [-0.4, -0.2) is 46.8 Å². The van der Waals surface area contributed by atoms with Crippen molar-refractivity contribution >= 4 is 11.6 Å². The number of amides is 1. The summed E-state index contributed by atoms with van der Waals surface area (Å²) in [6.07, 6.45) is 0. The monoisotopic (exact) mass is 330 g/mol. The molecule has 0 atom stereocenters. The number of rotatable bonds is 3.